The Balaban J connectivity index is 2.14. The molecule has 0 atom stereocenters. The molecule has 0 unspecified atom stereocenters. The van der Waals surface area contributed by atoms with Gasteiger partial charge in [0.05, 0.1) is 5.69 Å². The molecule has 1 aromatic carbocycles. The average Bonchev–Trinajstić information content (AvgIpc) is 2.94. The van der Waals surface area contributed by atoms with Crippen molar-refractivity contribution in [2.75, 3.05) is 24.7 Å². The molecule has 0 spiro atoms. The molecule has 0 aliphatic rings. The van der Waals surface area contributed by atoms with Crippen molar-refractivity contribution in [1.82, 2.24) is 10.3 Å². The molecule has 2 rings (SSSR count). The van der Waals surface area contributed by atoms with E-state index in [1.165, 1.54) is 23.8 Å². The SMILES string of the molecule is CNC(=O)c1sc(NC(C)=O)nc1CCc1ccc(NC)cc1. The van der Waals surface area contributed by atoms with E-state index >= 15 is 0 Å². The molecule has 6 nitrogen and oxygen atoms in total. The maximum atomic E-state index is 12.0. The zero-order chi connectivity index (χ0) is 16.8. The summed E-state index contributed by atoms with van der Waals surface area (Å²) in [7, 11) is 3.46. The number of benzene rings is 1. The van der Waals surface area contributed by atoms with E-state index in [1.807, 2.05) is 31.3 Å². The van der Waals surface area contributed by atoms with Crippen molar-refractivity contribution < 1.29 is 9.59 Å². The third kappa shape index (κ3) is 4.53. The zero-order valence-electron chi connectivity index (χ0n) is 13.4. The van der Waals surface area contributed by atoms with E-state index in [0.29, 0.717) is 22.1 Å². The van der Waals surface area contributed by atoms with Gasteiger partial charge < -0.3 is 16.0 Å². The first-order valence-electron chi connectivity index (χ1n) is 7.29. The van der Waals surface area contributed by atoms with Gasteiger partial charge in [0.15, 0.2) is 5.13 Å². The van der Waals surface area contributed by atoms with Crippen LogP contribution < -0.4 is 16.0 Å². The monoisotopic (exact) mass is 332 g/mol. The van der Waals surface area contributed by atoms with Gasteiger partial charge in [-0.25, -0.2) is 4.98 Å². The van der Waals surface area contributed by atoms with Gasteiger partial charge in [-0.1, -0.05) is 23.5 Å². The summed E-state index contributed by atoms with van der Waals surface area (Å²) >= 11 is 1.20. The van der Waals surface area contributed by atoms with Gasteiger partial charge in [-0.3, -0.25) is 9.59 Å². The molecule has 0 saturated carbocycles. The number of nitrogens with zero attached hydrogens (tertiary/aromatic N) is 1. The van der Waals surface area contributed by atoms with Gasteiger partial charge in [0, 0.05) is 26.7 Å². The summed E-state index contributed by atoms with van der Waals surface area (Å²) in [4.78, 5) is 28.1. The Morgan fingerprint density at radius 1 is 1.13 bits per heavy atom. The van der Waals surface area contributed by atoms with Gasteiger partial charge in [0.25, 0.3) is 5.91 Å². The van der Waals surface area contributed by atoms with Crippen LogP contribution in [0.3, 0.4) is 0 Å². The molecule has 3 N–H and O–H groups in total. The van der Waals surface area contributed by atoms with Crippen molar-refractivity contribution in [2.45, 2.75) is 19.8 Å². The predicted octanol–water partition coefficient (Wildman–Crippen LogP) is 2.29. The Bertz CT molecular complexity index is 695. The van der Waals surface area contributed by atoms with Crippen LogP contribution in [-0.4, -0.2) is 30.9 Å². The number of aryl methyl sites for hydroxylation is 2. The van der Waals surface area contributed by atoms with Gasteiger partial charge in [0.2, 0.25) is 5.91 Å². The standard InChI is InChI=1S/C16H20N4O2S/c1-10(21)19-16-20-13(14(23-16)15(22)18-3)9-6-11-4-7-12(17-2)8-5-11/h4-5,7-8,17H,6,9H2,1-3H3,(H,18,22)(H,19,20,21). The molecule has 0 bridgehead atoms. The van der Waals surface area contributed by atoms with Crippen LogP contribution in [0.1, 0.15) is 27.9 Å². The summed E-state index contributed by atoms with van der Waals surface area (Å²) in [6.07, 6.45) is 1.41. The highest BCUT2D eigenvalue weighted by Crippen LogP contribution is 2.24. The molecule has 0 aliphatic heterocycles. The fourth-order valence-electron chi connectivity index (χ4n) is 2.12. The Kier molecular flexibility index (Phi) is 5.70. The normalized spacial score (nSPS) is 10.2. The second-order valence-electron chi connectivity index (χ2n) is 5.00. The highest BCUT2D eigenvalue weighted by Gasteiger charge is 2.17. The summed E-state index contributed by atoms with van der Waals surface area (Å²) < 4.78 is 0. The van der Waals surface area contributed by atoms with Crippen molar-refractivity contribution in [3.63, 3.8) is 0 Å². The summed E-state index contributed by atoms with van der Waals surface area (Å²) in [6.45, 7) is 1.42. The van der Waals surface area contributed by atoms with Crippen molar-refractivity contribution >= 4 is 34.0 Å². The van der Waals surface area contributed by atoms with E-state index in [-0.39, 0.29) is 11.8 Å². The lowest BCUT2D eigenvalue weighted by atomic mass is 10.1. The maximum absolute atomic E-state index is 12.0. The van der Waals surface area contributed by atoms with Crippen LogP contribution in [0.15, 0.2) is 24.3 Å². The molecule has 122 valence electrons. The quantitative estimate of drug-likeness (QED) is 0.758. The van der Waals surface area contributed by atoms with Crippen molar-refractivity contribution in [2.24, 2.45) is 0 Å². The van der Waals surface area contributed by atoms with Gasteiger partial charge in [-0.15, -0.1) is 0 Å². The minimum absolute atomic E-state index is 0.181. The molecule has 7 heteroatoms. The third-order valence-corrected chi connectivity index (χ3v) is 4.32. The third-order valence-electron chi connectivity index (χ3n) is 3.31. The van der Waals surface area contributed by atoms with E-state index < -0.39 is 0 Å². The van der Waals surface area contributed by atoms with Crippen LogP contribution >= 0.6 is 11.3 Å². The van der Waals surface area contributed by atoms with E-state index in [9.17, 15) is 9.59 Å². The fraction of sp³-hybridized carbons (Fsp3) is 0.312. The number of hydrogen-bond donors (Lipinski definition) is 3. The first kappa shape index (κ1) is 17.0. The van der Waals surface area contributed by atoms with E-state index in [2.05, 4.69) is 20.9 Å². The zero-order valence-corrected chi connectivity index (χ0v) is 14.2. The lowest BCUT2D eigenvalue weighted by molar-refractivity contribution is -0.114. The number of thiazole rings is 1. The number of amides is 2. The molecule has 0 aliphatic carbocycles. The smallest absolute Gasteiger partial charge is 0.263 e. The van der Waals surface area contributed by atoms with Gasteiger partial charge in [-0.2, -0.15) is 0 Å². The molecule has 0 radical (unpaired) electrons. The largest absolute Gasteiger partial charge is 0.388 e. The van der Waals surface area contributed by atoms with Crippen molar-refractivity contribution in [1.29, 1.82) is 0 Å². The molecular formula is C16H20N4O2S. The first-order valence-corrected chi connectivity index (χ1v) is 8.11. The lowest BCUT2D eigenvalue weighted by Gasteiger charge is -2.04. The molecule has 2 aromatic rings. The Morgan fingerprint density at radius 2 is 1.83 bits per heavy atom. The Morgan fingerprint density at radius 3 is 2.39 bits per heavy atom. The topological polar surface area (TPSA) is 83.1 Å². The Labute approximate surface area is 139 Å². The van der Waals surface area contributed by atoms with Crippen LogP contribution in [0.4, 0.5) is 10.8 Å². The summed E-state index contributed by atoms with van der Waals surface area (Å²) in [5.74, 6) is -0.379. The first-order chi connectivity index (χ1) is 11.0. The number of hydrogen-bond acceptors (Lipinski definition) is 5. The number of carbonyl (C=O) groups excluding carboxylic acids is 2. The van der Waals surface area contributed by atoms with Crippen LogP contribution in [0, 0.1) is 0 Å². The predicted molar refractivity (Wildman–Crippen MR) is 93.2 cm³/mol. The molecule has 0 fully saturated rings. The molecule has 2 amide bonds. The van der Waals surface area contributed by atoms with E-state index in [1.54, 1.807) is 7.05 Å². The lowest BCUT2D eigenvalue weighted by Crippen LogP contribution is -2.18. The van der Waals surface area contributed by atoms with Crippen LogP contribution in [0.5, 0.6) is 0 Å². The second-order valence-corrected chi connectivity index (χ2v) is 6.00. The minimum Gasteiger partial charge on any atom is -0.388 e. The average molecular weight is 332 g/mol. The molecule has 0 saturated heterocycles. The van der Waals surface area contributed by atoms with Crippen LogP contribution in [0.25, 0.3) is 0 Å². The minimum atomic E-state index is -0.198. The van der Waals surface area contributed by atoms with Gasteiger partial charge >= 0.3 is 0 Å². The van der Waals surface area contributed by atoms with Crippen LogP contribution in [-0.2, 0) is 17.6 Å². The van der Waals surface area contributed by atoms with E-state index in [4.69, 9.17) is 0 Å². The van der Waals surface area contributed by atoms with Crippen molar-refractivity contribution in [3.05, 3.63) is 40.4 Å². The maximum Gasteiger partial charge on any atom is 0.263 e. The number of anilines is 2. The molecule has 1 heterocycles. The number of nitrogens with one attached hydrogen (secondary N) is 3. The highest BCUT2D eigenvalue weighted by atomic mass is 32.1. The van der Waals surface area contributed by atoms with E-state index in [0.717, 1.165) is 12.1 Å². The number of rotatable bonds is 6. The molecule has 23 heavy (non-hydrogen) atoms. The molecular weight excluding hydrogens is 312 g/mol. The molecule has 1 aromatic heterocycles. The summed E-state index contributed by atoms with van der Waals surface area (Å²) in [6, 6.07) is 8.12. The van der Waals surface area contributed by atoms with Crippen LogP contribution in [0.2, 0.25) is 0 Å². The van der Waals surface area contributed by atoms with Crippen molar-refractivity contribution in [3.8, 4) is 0 Å². The Hall–Kier alpha value is -2.41. The van der Waals surface area contributed by atoms with Gasteiger partial charge in [0.1, 0.15) is 4.88 Å². The number of carbonyl (C=O) groups is 2. The highest BCUT2D eigenvalue weighted by molar-refractivity contribution is 7.17. The fourth-order valence-corrected chi connectivity index (χ4v) is 3.12. The van der Waals surface area contributed by atoms with Gasteiger partial charge in [-0.05, 0) is 30.5 Å². The number of aromatic nitrogens is 1. The second kappa shape index (κ2) is 7.73. The summed E-state index contributed by atoms with van der Waals surface area (Å²) in [5.41, 5.74) is 2.93. The summed E-state index contributed by atoms with van der Waals surface area (Å²) in [5, 5.41) is 8.78.